The fraction of sp³-hybridized carbons (Fsp3) is 0.176. The molecule has 7 heteroatoms. The Hall–Kier alpha value is -2.67. The van der Waals surface area contributed by atoms with E-state index in [0.29, 0.717) is 11.0 Å². The molecule has 0 bridgehead atoms. The van der Waals surface area contributed by atoms with Gasteiger partial charge in [0.1, 0.15) is 0 Å². The standard InChI is InChI=1S/C17H15N5OS/c23-16-14(8-7-11-4-1-2-6-13(11)19-16)24-17-20-15(21-22-17)12-5-3-9-18-10-12/h1-6,9-10,14H,7-8H2,(H,19,23)(H,20,21,22). The molecule has 0 fully saturated rings. The number of aromatic nitrogens is 4. The van der Waals surface area contributed by atoms with Crippen molar-refractivity contribution >= 4 is 23.4 Å². The summed E-state index contributed by atoms with van der Waals surface area (Å²) in [6, 6.07) is 11.7. The highest BCUT2D eigenvalue weighted by Gasteiger charge is 2.26. The summed E-state index contributed by atoms with van der Waals surface area (Å²) in [5, 5.41) is 10.5. The van der Waals surface area contributed by atoms with E-state index in [1.165, 1.54) is 17.3 Å². The Kier molecular flexibility index (Phi) is 4.00. The predicted molar refractivity (Wildman–Crippen MR) is 92.7 cm³/mol. The second kappa shape index (κ2) is 6.45. The number of para-hydroxylation sites is 1. The van der Waals surface area contributed by atoms with Gasteiger partial charge < -0.3 is 5.32 Å². The number of anilines is 1. The minimum Gasteiger partial charge on any atom is -0.325 e. The highest BCUT2D eigenvalue weighted by Crippen LogP contribution is 2.30. The summed E-state index contributed by atoms with van der Waals surface area (Å²) in [4.78, 5) is 21.0. The zero-order valence-electron chi connectivity index (χ0n) is 12.8. The van der Waals surface area contributed by atoms with Gasteiger partial charge in [-0.15, -0.1) is 5.10 Å². The summed E-state index contributed by atoms with van der Waals surface area (Å²) in [6.07, 6.45) is 5.05. The van der Waals surface area contributed by atoms with Crippen molar-refractivity contribution in [1.82, 2.24) is 20.2 Å². The molecule has 6 nitrogen and oxygen atoms in total. The highest BCUT2D eigenvalue weighted by molar-refractivity contribution is 8.00. The molecule has 1 aliphatic heterocycles. The van der Waals surface area contributed by atoms with E-state index in [1.807, 2.05) is 30.3 Å². The minimum absolute atomic E-state index is 0.00215. The number of hydrogen-bond acceptors (Lipinski definition) is 5. The van der Waals surface area contributed by atoms with Gasteiger partial charge in [-0.2, -0.15) is 0 Å². The second-order valence-electron chi connectivity index (χ2n) is 5.50. The molecule has 0 saturated carbocycles. The Morgan fingerprint density at radius 3 is 2.96 bits per heavy atom. The van der Waals surface area contributed by atoms with Crippen LogP contribution in [0.1, 0.15) is 12.0 Å². The molecule has 3 aromatic rings. The first kappa shape index (κ1) is 14.9. The Bertz CT molecular complexity index is 864. The van der Waals surface area contributed by atoms with Crippen LogP contribution < -0.4 is 5.32 Å². The second-order valence-corrected chi connectivity index (χ2v) is 6.67. The summed E-state index contributed by atoms with van der Waals surface area (Å²) in [5.74, 6) is 0.653. The van der Waals surface area contributed by atoms with Crippen LogP contribution in [0.3, 0.4) is 0 Å². The van der Waals surface area contributed by atoms with Gasteiger partial charge in [-0.1, -0.05) is 30.0 Å². The predicted octanol–water partition coefficient (Wildman–Crippen LogP) is 2.91. The van der Waals surface area contributed by atoms with Gasteiger partial charge in [0.05, 0.1) is 5.25 Å². The van der Waals surface area contributed by atoms with Crippen LogP contribution >= 0.6 is 11.8 Å². The Morgan fingerprint density at radius 2 is 2.08 bits per heavy atom. The third-order valence-corrected chi connectivity index (χ3v) is 5.02. The van der Waals surface area contributed by atoms with Gasteiger partial charge in [0.15, 0.2) is 5.82 Å². The fourth-order valence-corrected chi connectivity index (χ4v) is 3.56. The zero-order chi connectivity index (χ0) is 16.4. The topological polar surface area (TPSA) is 83.6 Å². The van der Waals surface area contributed by atoms with E-state index in [-0.39, 0.29) is 11.2 Å². The molecule has 24 heavy (non-hydrogen) atoms. The SMILES string of the molecule is O=C1Nc2ccccc2CCC1Sc1n[nH]c(-c2cccnc2)n1. The number of hydrogen-bond donors (Lipinski definition) is 2. The van der Waals surface area contributed by atoms with Crippen LogP contribution in [0.25, 0.3) is 11.4 Å². The number of carbonyl (C=O) groups excluding carboxylic acids is 1. The lowest BCUT2D eigenvalue weighted by Crippen LogP contribution is -2.23. The molecule has 4 rings (SSSR count). The number of nitrogens with one attached hydrogen (secondary N) is 2. The molecular weight excluding hydrogens is 322 g/mol. The number of H-pyrrole nitrogens is 1. The van der Waals surface area contributed by atoms with Crippen LogP contribution in [-0.2, 0) is 11.2 Å². The number of rotatable bonds is 3. The van der Waals surface area contributed by atoms with E-state index in [0.717, 1.165) is 24.1 Å². The zero-order valence-corrected chi connectivity index (χ0v) is 13.6. The van der Waals surface area contributed by atoms with E-state index >= 15 is 0 Å². The summed E-state index contributed by atoms with van der Waals surface area (Å²) < 4.78 is 0. The molecule has 120 valence electrons. The van der Waals surface area contributed by atoms with E-state index in [9.17, 15) is 4.79 Å². The normalized spacial score (nSPS) is 17.0. The average molecular weight is 337 g/mol. The average Bonchev–Trinajstić information content (AvgIpc) is 3.02. The molecule has 1 aromatic carbocycles. The van der Waals surface area contributed by atoms with Crippen molar-refractivity contribution in [2.75, 3.05) is 5.32 Å². The Balaban J connectivity index is 1.50. The van der Waals surface area contributed by atoms with Gasteiger partial charge in [0.25, 0.3) is 0 Å². The molecule has 0 saturated heterocycles. The molecule has 0 aliphatic carbocycles. The maximum atomic E-state index is 12.5. The summed E-state index contributed by atoms with van der Waals surface area (Å²) in [6.45, 7) is 0. The molecule has 1 aliphatic rings. The van der Waals surface area contributed by atoms with Crippen LogP contribution in [0.15, 0.2) is 53.9 Å². The molecule has 1 atom stereocenters. The summed E-state index contributed by atoms with van der Waals surface area (Å²) in [5.41, 5.74) is 2.94. The number of fused-ring (bicyclic) bond motifs is 1. The molecule has 0 spiro atoms. The number of benzene rings is 1. The number of nitrogens with zero attached hydrogens (tertiary/aromatic N) is 3. The number of amides is 1. The van der Waals surface area contributed by atoms with Crippen LogP contribution in [0.5, 0.6) is 0 Å². The monoisotopic (exact) mass is 337 g/mol. The van der Waals surface area contributed by atoms with Gasteiger partial charge in [-0.05, 0) is 36.6 Å². The number of carbonyl (C=O) groups is 1. The van der Waals surface area contributed by atoms with Gasteiger partial charge in [-0.3, -0.25) is 14.9 Å². The van der Waals surface area contributed by atoms with Gasteiger partial charge >= 0.3 is 0 Å². The molecule has 0 radical (unpaired) electrons. The van der Waals surface area contributed by atoms with Crippen LogP contribution in [-0.4, -0.2) is 31.3 Å². The lowest BCUT2D eigenvalue weighted by atomic mass is 10.1. The van der Waals surface area contributed by atoms with Crippen molar-refractivity contribution in [2.24, 2.45) is 0 Å². The van der Waals surface area contributed by atoms with Crippen molar-refractivity contribution in [1.29, 1.82) is 0 Å². The van der Waals surface area contributed by atoms with Crippen LogP contribution in [0.2, 0.25) is 0 Å². The van der Waals surface area contributed by atoms with Crippen molar-refractivity contribution in [3.8, 4) is 11.4 Å². The number of aryl methyl sites for hydroxylation is 1. The number of pyridine rings is 1. The first-order valence-corrected chi connectivity index (χ1v) is 8.56. The smallest absolute Gasteiger partial charge is 0.237 e. The lowest BCUT2D eigenvalue weighted by Gasteiger charge is -2.10. The fourth-order valence-electron chi connectivity index (χ4n) is 2.66. The van der Waals surface area contributed by atoms with Crippen molar-refractivity contribution < 1.29 is 4.79 Å². The lowest BCUT2D eigenvalue weighted by molar-refractivity contribution is -0.115. The first-order chi connectivity index (χ1) is 11.8. The maximum absolute atomic E-state index is 12.5. The molecule has 1 unspecified atom stereocenters. The minimum atomic E-state index is -0.213. The largest absolute Gasteiger partial charge is 0.325 e. The van der Waals surface area contributed by atoms with Gasteiger partial charge in [0, 0.05) is 23.6 Å². The van der Waals surface area contributed by atoms with E-state index < -0.39 is 0 Å². The number of aromatic amines is 1. The quantitative estimate of drug-likeness (QED) is 0.768. The molecular formula is C17H15N5OS. The number of thioether (sulfide) groups is 1. The Labute approximate surface area is 143 Å². The van der Waals surface area contributed by atoms with Crippen molar-refractivity contribution in [3.05, 3.63) is 54.4 Å². The molecule has 2 N–H and O–H groups in total. The Morgan fingerprint density at radius 1 is 1.17 bits per heavy atom. The van der Waals surface area contributed by atoms with Gasteiger partial charge in [-0.25, -0.2) is 4.98 Å². The van der Waals surface area contributed by atoms with Crippen molar-refractivity contribution in [3.63, 3.8) is 0 Å². The van der Waals surface area contributed by atoms with E-state index in [1.54, 1.807) is 12.4 Å². The molecule has 3 heterocycles. The van der Waals surface area contributed by atoms with Crippen LogP contribution in [0, 0.1) is 0 Å². The van der Waals surface area contributed by atoms with Crippen molar-refractivity contribution in [2.45, 2.75) is 23.2 Å². The third-order valence-electron chi connectivity index (χ3n) is 3.89. The maximum Gasteiger partial charge on any atom is 0.237 e. The van der Waals surface area contributed by atoms with E-state index in [4.69, 9.17) is 0 Å². The van der Waals surface area contributed by atoms with Crippen LogP contribution in [0.4, 0.5) is 5.69 Å². The van der Waals surface area contributed by atoms with Gasteiger partial charge in [0.2, 0.25) is 11.1 Å². The first-order valence-electron chi connectivity index (χ1n) is 7.68. The summed E-state index contributed by atoms with van der Waals surface area (Å²) >= 11 is 1.39. The van der Waals surface area contributed by atoms with E-state index in [2.05, 4.69) is 31.5 Å². The summed E-state index contributed by atoms with van der Waals surface area (Å²) in [7, 11) is 0. The third kappa shape index (κ3) is 3.03. The molecule has 1 amide bonds. The highest BCUT2D eigenvalue weighted by atomic mass is 32.2. The molecule has 2 aromatic heterocycles.